The molecule has 0 bridgehead atoms. The first kappa shape index (κ1) is 18.0. The minimum Gasteiger partial charge on any atom is -0.375 e. The van der Waals surface area contributed by atoms with E-state index < -0.39 is 0 Å². The van der Waals surface area contributed by atoms with Crippen LogP contribution in [0.1, 0.15) is 5.56 Å². The predicted octanol–water partition coefficient (Wildman–Crippen LogP) is 0.547. The van der Waals surface area contributed by atoms with Gasteiger partial charge in [0.25, 0.3) is 5.91 Å². The van der Waals surface area contributed by atoms with E-state index in [1.54, 1.807) is 6.20 Å². The Labute approximate surface area is 143 Å². The van der Waals surface area contributed by atoms with Gasteiger partial charge in [0.15, 0.2) is 0 Å². The van der Waals surface area contributed by atoms with Gasteiger partial charge in [0.05, 0.1) is 0 Å². The van der Waals surface area contributed by atoms with Crippen molar-refractivity contribution in [1.29, 1.82) is 5.26 Å². The number of nitrogens with one attached hydrogen (secondary N) is 2. The number of carbonyl (C=O) groups excluding carboxylic acids is 1. The van der Waals surface area contributed by atoms with Crippen LogP contribution in [0.5, 0.6) is 0 Å². The number of piperazine rings is 1. The van der Waals surface area contributed by atoms with Crippen LogP contribution in [-0.4, -0.2) is 62.0 Å². The van der Waals surface area contributed by atoms with E-state index in [0.717, 1.165) is 38.3 Å². The molecule has 1 aliphatic rings. The van der Waals surface area contributed by atoms with Gasteiger partial charge in [-0.25, -0.2) is 0 Å². The molecule has 1 aliphatic heterocycles. The zero-order valence-electron chi connectivity index (χ0n) is 14.2. The van der Waals surface area contributed by atoms with Crippen LogP contribution in [0.3, 0.4) is 0 Å². The van der Waals surface area contributed by atoms with Crippen molar-refractivity contribution in [3.05, 3.63) is 47.7 Å². The van der Waals surface area contributed by atoms with Crippen molar-refractivity contribution in [1.82, 2.24) is 20.4 Å². The highest BCUT2D eigenvalue weighted by molar-refractivity contribution is 5.97. The summed E-state index contributed by atoms with van der Waals surface area (Å²) < 4.78 is 0. The van der Waals surface area contributed by atoms with Crippen molar-refractivity contribution >= 4 is 5.91 Å². The quantitative estimate of drug-likeness (QED) is 0.565. The summed E-state index contributed by atoms with van der Waals surface area (Å²) in [5.41, 5.74) is 1.27. The van der Waals surface area contributed by atoms with Crippen LogP contribution in [0.25, 0.3) is 0 Å². The first-order valence-corrected chi connectivity index (χ1v) is 8.26. The molecule has 1 heterocycles. The molecule has 128 valence electrons. The van der Waals surface area contributed by atoms with Crippen molar-refractivity contribution in [3.8, 4) is 6.07 Å². The summed E-state index contributed by atoms with van der Waals surface area (Å²) >= 11 is 0. The Morgan fingerprint density at radius 1 is 1.38 bits per heavy atom. The van der Waals surface area contributed by atoms with Gasteiger partial charge in [-0.3, -0.25) is 9.69 Å². The van der Waals surface area contributed by atoms with Gasteiger partial charge in [0, 0.05) is 59.1 Å². The fourth-order valence-electron chi connectivity index (χ4n) is 2.63. The Bertz CT molecular complexity index is 587. The molecular formula is C18H25N5O. The van der Waals surface area contributed by atoms with E-state index in [1.807, 2.05) is 48.3 Å². The summed E-state index contributed by atoms with van der Waals surface area (Å²) in [6.45, 7) is 5.99. The SMILES string of the molecule is CN(/C=C(/C#N)C(=O)NCCN1CCNCC1)Cc1ccccc1. The maximum atomic E-state index is 12.1. The molecule has 1 aromatic carbocycles. The van der Waals surface area contributed by atoms with Gasteiger partial charge in [-0.15, -0.1) is 0 Å². The molecule has 1 fully saturated rings. The van der Waals surface area contributed by atoms with Gasteiger partial charge in [-0.05, 0) is 5.56 Å². The van der Waals surface area contributed by atoms with Crippen LogP contribution in [0.15, 0.2) is 42.1 Å². The van der Waals surface area contributed by atoms with E-state index in [9.17, 15) is 10.1 Å². The van der Waals surface area contributed by atoms with Crippen LogP contribution < -0.4 is 10.6 Å². The molecule has 1 amide bonds. The van der Waals surface area contributed by atoms with Gasteiger partial charge in [-0.1, -0.05) is 30.3 Å². The molecule has 0 radical (unpaired) electrons. The lowest BCUT2D eigenvalue weighted by atomic mass is 10.2. The zero-order chi connectivity index (χ0) is 17.2. The molecule has 1 saturated heterocycles. The number of hydrogen-bond donors (Lipinski definition) is 2. The molecule has 0 aliphatic carbocycles. The third-order valence-corrected chi connectivity index (χ3v) is 3.91. The third-order valence-electron chi connectivity index (χ3n) is 3.91. The Morgan fingerprint density at radius 3 is 2.75 bits per heavy atom. The molecule has 2 rings (SSSR count). The van der Waals surface area contributed by atoms with E-state index in [4.69, 9.17) is 0 Å². The Balaban J connectivity index is 1.80. The second kappa shape index (κ2) is 9.71. The molecular weight excluding hydrogens is 302 g/mol. The summed E-state index contributed by atoms with van der Waals surface area (Å²) in [4.78, 5) is 16.3. The highest BCUT2D eigenvalue weighted by Crippen LogP contribution is 2.05. The number of nitrogens with zero attached hydrogens (tertiary/aromatic N) is 3. The highest BCUT2D eigenvalue weighted by Gasteiger charge is 2.12. The molecule has 6 heteroatoms. The van der Waals surface area contributed by atoms with E-state index in [2.05, 4.69) is 15.5 Å². The Morgan fingerprint density at radius 2 is 2.08 bits per heavy atom. The zero-order valence-corrected chi connectivity index (χ0v) is 14.2. The lowest BCUT2D eigenvalue weighted by molar-refractivity contribution is -0.117. The highest BCUT2D eigenvalue weighted by atomic mass is 16.1. The molecule has 0 aromatic heterocycles. The van der Waals surface area contributed by atoms with Crippen LogP contribution >= 0.6 is 0 Å². The summed E-state index contributed by atoms with van der Waals surface area (Å²) in [5.74, 6) is -0.312. The smallest absolute Gasteiger partial charge is 0.263 e. The topological polar surface area (TPSA) is 71.4 Å². The van der Waals surface area contributed by atoms with Gasteiger partial charge >= 0.3 is 0 Å². The fourth-order valence-corrected chi connectivity index (χ4v) is 2.63. The maximum absolute atomic E-state index is 12.1. The minimum absolute atomic E-state index is 0.133. The molecule has 1 aromatic rings. The van der Waals surface area contributed by atoms with Crippen LogP contribution in [0.4, 0.5) is 0 Å². The maximum Gasteiger partial charge on any atom is 0.263 e. The number of carbonyl (C=O) groups is 1. The summed E-state index contributed by atoms with van der Waals surface area (Å²) in [5, 5.41) is 15.4. The summed E-state index contributed by atoms with van der Waals surface area (Å²) in [6.07, 6.45) is 1.60. The molecule has 6 nitrogen and oxygen atoms in total. The van der Waals surface area contributed by atoms with E-state index in [-0.39, 0.29) is 11.5 Å². The van der Waals surface area contributed by atoms with Crippen molar-refractivity contribution in [2.75, 3.05) is 46.3 Å². The van der Waals surface area contributed by atoms with Gasteiger partial charge in [0.1, 0.15) is 11.6 Å². The molecule has 2 N–H and O–H groups in total. The third kappa shape index (κ3) is 6.03. The lowest BCUT2D eigenvalue weighted by Crippen LogP contribution is -2.46. The monoisotopic (exact) mass is 327 g/mol. The van der Waals surface area contributed by atoms with Crippen molar-refractivity contribution in [3.63, 3.8) is 0 Å². The largest absolute Gasteiger partial charge is 0.375 e. The average molecular weight is 327 g/mol. The number of amides is 1. The van der Waals surface area contributed by atoms with Crippen LogP contribution in [-0.2, 0) is 11.3 Å². The van der Waals surface area contributed by atoms with E-state index >= 15 is 0 Å². The van der Waals surface area contributed by atoms with Gasteiger partial charge < -0.3 is 15.5 Å². The molecule has 0 saturated carbocycles. The lowest BCUT2D eigenvalue weighted by Gasteiger charge is -2.27. The van der Waals surface area contributed by atoms with E-state index in [0.29, 0.717) is 13.1 Å². The fraction of sp³-hybridized carbons (Fsp3) is 0.444. The standard InChI is InChI=1S/C18H25N5O/c1-22(14-16-5-3-2-4-6-16)15-17(13-19)18(24)21-9-12-23-10-7-20-8-11-23/h2-6,15,20H,7-12,14H2,1H3,(H,21,24)/b17-15-. The number of nitriles is 1. The van der Waals surface area contributed by atoms with Crippen molar-refractivity contribution in [2.24, 2.45) is 0 Å². The minimum atomic E-state index is -0.312. The summed E-state index contributed by atoms with van der Waals surface area (Å²) in [6, 6.07) is 11.9. The average Bonchev–Trinajstić information content (AvgIpc) is 2.61. The van der Waals surface area contributed by atoms with Crippen LogP contribution in [0, 0.1) is 11.3 Å². The first-order valence-electron chi connectivity index (χ1n) is 8.26. The second-order valence-corrected chi connectivity index (χ2v) is 5.90. The number of benzene rings is 1. The van der Waals surface area contributed by atoms with Gasteiger partial charge in [0.2, 0.25) is 0 Å². The summed E-state index contributed by atoms with van der Waals surface area (Å²) in [7, 11) is 1.86. The molecule has 0 unspecified atom stereocenters. The Kier molecular flexibility index (Phi) is 7.27. The first-order chi connectivity index (χ1) is 11.7. The van der Waals surface area contributed by atoms with Gasteiger partial charge in [-0.2, -0.15) is 5.26 Å². The van der Waals surface area contributed by atoms with E-state index in [1.165, 1.54) is 0 Å². The molecule has 24 heavy (non-hydrogen) atoms. The molecule has 0 atom stereocenters. The number of rotatable bonds is 7. The van der Waals surface area contributed by atoms with Crippen molar-refractivity contribution in [2.45, 2.75) is 6.54 Å². The second-order valence-electron chi connectivity index (χ2n) is 5.90. The Hall–Kier alpha value is -2.36. The van der Waals surface area contributed by atoms with Crippen LogP contribution in [0.2, 0.25) is 0 Å². The molecule has 0 spiro atoms. The normalized spacial score (nSPS) is 15.6. The number of hydrogen-bond acceptors (Lipinski definition) is 5. The van der Waals surface area contributed by atoms with Crippen molar-refractivity contribution < 1.29 is 4.79 Å². The predicted molar refractivity (Wildman–Crippen MR) is 93.9 cm³/mol.